The maximum atomic E-state index is 11.1. The van der Waals surface area contributed by atoms with Crippen LogP contribution in [0.4, 0.5) is 0 Å². The Morgan fingerprint density at radius 2 is 1.58 bits per heavy atom. The lowest BCUT2D eigenvalue weighted by Gasteiger charge is -1.92. The Bertz CT molecular complexity index is 1030. The van der Waals surface area contributed by atoms with E-state index in [-0.39, 0.29) is 11.0 Å². The largest absolute Gasteiger partial charge is 0.360 e. The number of ketones is 1. The number of para-hydroxylation sites is 2. The lowest BCUT2D eigenvalue weighted by Crippen LogP contribution is -1.87. The number of carbonyl (C=O) groups is 2. The standard InChI is InChI=1S/C10H9NO.C9H9N.C2H3ClO/c1-7(12)9-6-11-10-5-3-2-4-8(9)10;1-10-7-6-8-4-2-3-5-9(8)10;1-2(3)4/h2-6,11H,1H3;2-7H,1H3;1H3. The molecule has 0 fully saturated rings. The summed E-state index contributed by atoms with van der Waals surface area (Å²) in [5.41, 5.74) is 3.08. The third-order valence-electron chi connectivity index (χ3n) is 3.76. The minimum Gasteiger partial charge on any atom is -0.360 e. The number of nitrogens with one attached hydrogen (secondary N) is 1. The van der Waals surface area contributed by atoms with E-state index in [1.165, 1.54) is 17.8 Å². The van der Waals surface area contributed by atoms with Gasteiger partial charge in [0, 0.05) is 48.3 Å². The number of rotatable bonds is 1. The molecule has 26 heavy (non-hydrogen) atoms. The summed E-state index contributed by atoms with van der Waals surface area (Å²) in [6.07, 6.45) is 3.83. The van der Waals surface area contributed by atoms with Crippen LogP contribution in [0.1, 0.15) is 24.2 Å². The van der Waals surface area contributed by atoms with Crippen LogP contribution in [0.5, 0.6) is 0 Å². The number of Topliss-reactive ketones (excluding diaryl/α,β-unsaturated/α-hetero) is 1. The second-order valence-corrected chi connectivity index (χ2v) is 6.29. The number of aromatic amines is 1. The number of aryl methyl sites for hydroxylation is 1. The van der Waals surface area contributed by atoms with Gasteiger partial charge in [-0.05, 0) is 42.1 Å². The summed E-state index contributed by atoms with van der Waals surface area (Å²) in [4.78, 5) is 23.4. The summed E-state index contributed by atoms with van der Waals surface area (Å²) >= 11 is 4.64. The van der Waals surface area contributed by atoms with Crippen molar-refractivity contribution in [2.45, 2.75) is 13.8 Å². The third-order valence-corrected chi connectivity index (χ3v) is 3.76. The molecule has 134 valence electrons. The Hall–Kier alpha value is -2.85. The van der Waals surface area contributed by atoms with Gasteiger partial charge < -0.3 is 9.55 Å². The molecular weight excluding hydrogens is 348 g/mol. The van der Waals surface area contributed by atoms with E-state index in [0.717, 1.165) is 16.5 Å². The molecule has 4 rings (SSSR count). The van der Waals surface area contributed by atoms with Crippen LogP contribution in [0.2, 0.25) is 0 Å². The van der Waals surface area contributed by atoms with Gasteiger partial charge in [-0.2, -0.15) is 0 Å². The van der Waals surface area contributed by atoms with E-state index in [2.05, 4.69) is 64.7 Å². The highest BCUT2D eigenvalue weighted by Gasteiger charge is 2.05. The molecule has 2 aromatic carbocycles. The van der Waals surface area contributed by atoms with Gasteiger partial charge in [0.05, 0.1) is 0 Å². The zero-order valence-electron chi connectivity index (χ0n) is 15.0. The number of hydrogen-bond donors (Lipinski definition) is 1. The van der Waals surface area contributed by atoms with E-state index in [9.17, 15) is 9.59 Å². The fourth-order valence-electron chi connectivity index (χ4n) is 2.58. The summed E-state index contributed by atoms with van der Waals surface area (Å²) in [5.74, 6) is 0.104. The lowest BCUT2D eigenvalue weighted by atomic mass is 10.1. The van der Waals surface area contributed by atoms with Crippen molar-refractivity contribution in [2.75, 3.05) is 0 Å². The molecule has 0 unspecified atom stereocenters. The molecule has 1 N–H and O–H groups in total. The van der Waals surface area contributed by atoms with E-state index < -0.39 is 0 Å². The summed E-state index contributed by atoms with van der Waals surface area (Å²) in [6, 6.07) is 18.3. The highest BCUT2D eigenvalue weighted by molar-refractivity contribution is 6.62. The summed E-state index contributed by atoms with van der Waals surface area (Å²) in [6.45, 7) is 2.87. The van der Waals surface area contributed by atoms with Gasteiger partial charge in [-0.3, -0.25) is 9.59 Å². The Morgan fingerprint density at radius 3 is 2.23 bits per heavy atom. The van der Waals surface area contributed by atoms with E-state index in [4.69, 9.17) is 0 Å². The van der Waals surface area contributed by atoms with Gasteiger partial charge in [-0.15, -0.1) is 0 Å². The Kier molecular flexibility index (Phi) is 6.75. The molecule has 2 heterocycles. The Balaban J connectivity index is 0.000000158. The monoisotopic (exact) mass is 368 g/mol. The van der Waals surface area contributed by atoms with Crippen molar-refractivity contribution in [3.8, 4) is 0 Å². The normalized spacial score (nSPS) is 9.85. The van der Waals surface area contributed by atoms with Gasteiger partial charge in [0.2, 0.25) is 5.24 Å². The maximum absolute atomic E-state index is 11.1. The SMILES string of the molecule is CC(=O)Cl.CC(=O)c1c[nH]c2ccccc12.Cn1ccc2ccccc21. The molecule has 0 atom stereocenters. The topological polar surface area (TPSA) is 54.9 Å². The molecule has 4 aromatic rings. The van der Waals surface area contributed by atoms with Gasteiger partial charge in [0.15, 0.2) is 5.78 Å². The number of fused-ring (bicyclic) bond motifs is 2. The molecule has 4 nitrogen and oxygen atoms in total. The van der Waals surface area contributed by atoms with Crippen LogP contribution >= 0.6 is 11.6 Å². The summed E-state index contributed by atoms with van der Waals surface area (Å²) in [5, 5.41) is 1.95. The third kappa shape index (κ3) is 5.07. The van der Waals surface area contributed by atoms with Crippen LogP contribution in [0, 0.1) is 0 Å². The minimum atomic E-state index is -0.361. The fourth-order valence-corrected chi connectivity index (χ4v) is 2.58. The first-order chi connectivity index (χ1) is 12.4. The first kappa shape index (κ1) is 19.5. The van der Waals surface area contributed by atoms with Crippen molar-refractivity contribution in [3.05, 3.63) is 72.6 Å². The van der Waals surface area contributed by atoms with Crippen molar-refractivity contribution in [2.24, 2.45) is 7.05 Å². The molecule has 0 aliphatic heterocycles. The zero-order valence-corrected chi connectivity index (χ0v) is 15.7. The molecule has 2 aromatic heterocycles. The lowest BCUT2D eigenvalue weighted by molar-refractivity contribution is -0.109. The molecule has 0 amide bonds. The average Bonchev–Trinajstić information content (AvgIpc) is 3.19. The molecule has 5 heteroatoms. The zero-order chi connectivity index (χ0) is 19.1. The van der Waals surface area contributed by atoms with Crippen molar-refractivity contribution in [1.82, 2.24) is 9.55 Å². The van der Waals surface area contributed by atoms with E-state index in [1.807, 2.05) is 24.3 Å². The van der Waals surface area contributed by atoms with Gasteiger partial charge in [-0.25, -0.2) is 0 Å². The number of hydrogen-bond acceptors (Lipinski definition) is 2. The fraction of sp³-hybridized carbons (Fsp3) is 0.143. The minimum absolute atomic E-state index is 0.104. The maximum Gasteiger partial charge on any atom is 0.218 e. The highest BCUT2D eigenvalue weighted by Crippen LogP contribution is 2.17. The first-order valence-corrected chi connectivity index (χ1v) is 8.51. The number of benzene rings is 2. The van der Waals surface area contributed by atoms with Crippen LogP contribution in [0.15, 0.2) is 67.0 Å². The van der Waals surface area contributed by atoms with Crippen LogP contribution in [0.25, 0.3) is 21.8 Å². The van der Waals surface area contributed by atoms with Crippen LogP contribution in [-0.2, 0) is 11.8 Å². The van der Waals surface area contributed by atoms with Crippen LogP contribution < -0.4 is 0 Å². The van der Waals surface area contributed by atoms with Gasteiger partial charge in [0.1, 0.15) is 0 Å². The molecule has 0 aliphatic rings. The molecule has 0 spiro atoms. The average molecular weight is 369 g/mol. The van der Waals surface area contributed by atoms with Gasteiger partial charge in [0.25, 0.3) is 0 Å². The van der Waals surface area contributed by atoms with Crippen molar-refractivity contribution >= 4 is 44.4 Å². The second kappa shape index (κ2) is 9.02. The predicted octanol–water partition coefficient (Wildman–Crippen LogP) is 5.32. The Labute approximate surface area is 157 Å². The second-order valence-electron chi connectivity index (χ2n) is 5.76. The number of halogens is 1. The Morgan fingerprint density at radius 1 is 0.962 bits per heavy atom. The molecule has 0 saturated carbocycles. The van der Waals surface area contributed by atoms with E-state index in [0.29, 0.717) is 0 Å². The number of nitrogens with zero attached hydrogens (tertiary/aromatic N) is 1. The van der Waals surface area contributed by atoms with Gasteiger partial charge in [-0.1, -0.05) is 36.4 Å². The van der Waals surface area contributed by atoms with E-state index in [1.54, 1.807) is 13.1 Å². The molecule has 0 bridgehead atoms. The molecule has 0 radical (unpaired) electrons. The van der Waals surface area contributed by atoms with Gasteiger partial charge >= 0.3 is 0 Å². The number of carbonyl (C=O) groups excluding carboxylic acids is 2. The van der Waals surface area contributed by atoms with Crippen molar-refractivity contribution < 1.29 is 9.59 Å². The van der Waals surface area contributed by atoms with Crippen LogP contribution in [0.3, 0.4) is 0 Å². The first-order valence-electron chi connectivity index (χ1n) is 8.13. The van der Waals surface area contributed by atoms with Crippen molar-refractivity contribution in [3.63, 3.8) is 0 Å². The molecular formula is C21H21ClN2O2. The smallest absolute Gasteiger partial charge is 0.218 e. The van der Waals surface area contributed by atoms with Crippen LogP contribution in [-0.4, -0.2) is 20.6 Å². The quantitative estimate of drug-likeness (QED) is 0.365. The summed E-state index contributed by atoms with van der Waals surface area (Å²) < 4.78 is 2.12. The van der Waals surface area contributed by atoms with E-state index >= 15 is 0 Å². The summed E-state index contributed by atoms with van der Waals surface area (Å²) in [7, 11) is 2.06. The highest BCUT2D eigenvalue weighted by atomic mass is 35.5. The number of aromatic nitrogens is 2. The number of H-pyrrole nitrogens is 1. The van der Waals surface area contributed by atoms with Crippen molar-refractivity contribution in [1.29, 1.82) is 0 Å². The molecule has 0 aliphatic carbocycles. The molecule has 0 saturated heterocycles. The predicted molar refractivity (Wildman–Crippen MR) is 108 cm³/mol.